The SMILES string of the molecule is O=C(Nc1noc2ccncc12)Oc1ccccc1. The average Bonchev–Trinajstić information content (AvgIpc) is 2.83. The fourth-order valence-electron chi connectivity index (χ4n) is 1.59. The first-order valence-electron chi connectivity index (χ1n) is 5.56. The Morgan fingerprint density at radius 1 is 1.21 bits per heavy atom. The highest BCUT2D eigenvalue weighted by atomic mass is 16.6. The summed E-state index contributed by atoms with van der Waals surface area (Å²) in [6, 6.07) is 10.4. The number of nitrogens with zero attached hydrogens (tertiary/aromatic N) is 2. The van der Waals surface area contributed by atoms with Crippen LogP contribution >= 0.6 is 0 Å². The second-order valence-electron chi connectivity index (χ2n) is 3.73. The minimum Gasteiger partial charge on any atom is -0.410 e. The summed E-state index contributed by atoms with van der Waals surface area (Å²) in [4.78, 5) is 15.6. The predicted molar refractivity (Wildman–Crippen MR) is 67.9 cm³/mol. The first kappa shape index (κ1) is 11.2. The van der Waals surface area contributed by atoms with E-state index >= 15 is 0 Å². The zero-order valence-corrected chi connectivity index (χ0v) is 9.74. The maximum absolute atomic E-state index is 11.7. The summed E-state index contributed by atoms with van der Waals surface area (Å²) >= 11 is 0. The quantitative estimate of drug-likeness (QED) is 0.761. The van der Waals surface area contributed by atoms with Gasteiger partial charge < -0.3 is 9.26 Å². The van der Waals surface area contributed by atoms with E-state index in [0.29, 0.717) is 16.7 Å². The van der Waals surface area contributed by atoms with Gasteiger partial charge in [-0.3, -0.25) is 10.3 Å². The van der Waals surface area contributed by atoms with E-state index in [1.54, 1.807) is 42.7 Å². The molecule has 0 unspecified atom stereocenters. The molecule has 19 heavy (non-hydrogen) atoms. The number of benzene rings is 1. The monoisotopic (exact) mass is 255 g/mol. The molecule has 2 heterocycles. The number of para-hydroxylation sites is 1. The van der Waals surface area contributed by atoms with Crippen molar-refractivity contribution < 1.29 is 14.1 Å². The standard InChI is InChI=1S/C13H9N3O3/c17-13(18-9-4-2-1-3-5-9)15-12-10-8-14-7-6-11(10)19-16-12/h1-8H,(H,15,16,17). The number of anilines is 1. The van der Waals surface area contributed by atoms with Crippen LogP contribution in [-0.4, -0.2) is 16.2 Å². The lowest BCUT2D eigenvalue weighted by atomic mass is 10.3. The van der Waals surface area contributed by atoms with Gasteiger partial charge in [-0.2, -0.15) is 0 Å². The number of carbonyl (C=O) groups is 1. The first-order valence-corrected chi connectivity index (χ1v) is 5.56. The molecule has 0 radical (unpaired) electrons. The average molecular weight is 255 g/mol. The van der Waals surface area contributed by atoms with Gasteiger partial charge in [-0.25, -0.2) is 4.79 Å². The van der Waals surface area contributed by atoms with E-state index in [9.17, 15) is 4.79 Å². The Balaban J connectivity index is 1.76. The van der Waals surface area contributed by atoms with Crippen molar-refractivity contribution in [1.29, 1.82) is 0 Å². The van der Waals surface area contributed by atoms with E-state index < -0.39 is 6.09 Å². The molecule has 0 bridgehead atoms. The van der Waals surface area contributed by atoms with E-state index in [-0.39, 0.29) is 5.82 Å². The zero-order valence-electron chi connectivity index (χ0n) is 9.74. The van der Waals surface area contributed by atoms with Crippen LogP contribution in [0.2, 0.25) is 0 Å². The van der Waals surface area contributed by atoms with Gasteiger partial charge in [0.05, 0.1) is 5.39 Å². The van der Waals surface area contributed by atoms with Gasteiger partial charge in [0, 0.05) is 18.5 Å². The lowest BCUT2D eigenvalue weighted by Crippen LogP contribution is -2.16. The molecule has 6 heteroatoms. The molecular weight excluding hydrogens is 246 g/mol. The van der Waals surface area contributed by atoms with Crippen LogP contribution in [0.4, 0.5) is 10.6 Å². The smallest absolute Gasteiger partial charge is 0.410 e. The second-order valence-corrected chi connectivity index (χ2v) is 3.73. The highest BCUT2D eigenvalue weighted by Crippen LogP contribution is 2.21. The van der Waals surface area contributed by atoms with Crippen molar-refractivity contribution in [2.24, 2.45) is 0 Å². The van der Waals surface area contributed by atoms with Crippen LogP contribution in [0.5, 0.6) is 5.75 Å². The Hall–Kier alpha value is -2.89. The van der Waals surface area contributed by atoms with Crippen molar-refractivity contribution in [2.45, 2.75) is 0 Å². The summed E-state index contributed by atoms with van der Waals surface area (Å²) in [6.07, 6.45) is 2.51. The molecule has 0 saturated carbocycles. The third kappa shape index (κ3) is 2.37. The van der Waals surface area contributed by atoms with Gasteiger partial charge in [0.25, 0.3) is 0 Å². The maximum Gasteiger partial charge on any atom is 0.418 e. The molecule has 2 aromatic heterocycles. The molecule has 0 aliphatic heterocycles. The van der Waals surface area contributed by atoms with Gasteiger partial charge in [0.1, 0.15) is 5.75 Å². The molecule has 0 atom stereocenters. The first-order chi connectivity index (χ1) is 9.33. The number of hydrogen-bond acceptors (Lipinski definition) is 5. The van der Waals surface area contributed by atoms with Crippen molar-refractivity contribution in [1.82, 2.24) is 10.1 Å². The molecule has 0 aliphatic carbocycles. The molecule has 3 aromatic rings. The predicted octanol–water partition coefficient (Wildman–Crippen LogP) is 2.83. The molecule has 0 saturated heterocycles. The Kier molecular flexibility index (Phi) is 2.82. The lowest BCUT2D eigenvalue weighted by Gasteiger charge is -2.03. The topological polar surface area (TPSA) is 77.3 Å². The van der Waals surface area contributed by atoms with Crippen LogP contribution in [0.25, 0.3) is 11.0 Å². The van der Waals surface area contributed by atoms with Crippen LogP contribution in [-0.2, 0) is 0 Å². The summed E-state index contributed by atoms with van der Waals surface area (Å²) in [5.41, 5.74) is 0.546. The number of rotatable bonds is 2. The zero-order chi connectivity index (χ0) is 13.1. The molecule has 3 rings (SSSR count). The third-order valence-electron chi connectivity index (χ3n) is 2.45. The van der Waals surface area contributed by atoms with E-state index in [4.69, 9.17) is 9.26 Å². The number of pyridine rings is 1. The van der Waals surface area contributed by atoms with Gasteiger partial charge in [-0.1, -0.05) is 23.4 Å². The largest absolute Gasteiger partial charge is 0.418 e. The van der Waals surface area contributed by atoms with Crippen LogP contribution in [0.3, 0.4) is 0 Å². The number of carbonyl (C=O) groups excluding carboxylic acids is 1. The number of aromatic nitrogens is 2. The maximum atomic E-state index is 11.7. The Morgan fingerprint density at radius 3 is 2.89 bits per heavy atom. The summed E-state index contributed by atoms with van der Waals surface area (Å²) in [7, 11) is 0. The lowest BCUT2D eigenvalue weighted by molar-refractivity contribution is 0.215. The third-order valence-corrected chi connectivity index (χ3v) is 2.45. The van der Waals surface area contributed by atoms with Crippen molar-refractivity contribution in [3.8, 4) is 5.75 Å². The number of amides is 1. The van der Waals surface area contributed by atoms with Crippen LogP contribution in [0.15, 0.2) is 53.3 Å². The molecule has 1 N–H and O–H groups in total. The molecule has 94 valence electrons. The normalized spacial score (nSPS) is 10.3. The summed E-state index contributed by atoms with van der Waals surface area (Å²) in [5.74, 6) is 0.731. The van der Waals surface area contributed by atoms with Crippen LogP contribution < -0.4 is 10.1 Å². The molecule has 0 fully saturated rings. The highest BCUT2D eigenvalue weighted by Gasteiger charge is 2.12. The van der Waals surface area contributed by atoms with Crippen molar-refractivity contribution >= 4 is 22.9 Å². The molecule has 1 amide bonds. The van der Waals surface area contributed by atoms with Gasteiger partial charge in [-0.15, -0.1) is 0 Å². The van der Waals surface area contributed by atoms with Crippen molar-refractivity contribution in [3.63, 3.8) is 0 Å². The van der Waals surface area contributed by atoms with Crippen molar-refractivity contribution in [3.05, 3.63) is 48.8 Å². The van der Waals surface area contributed by atoms with Crippen molar-refractivity contribution in [2.75, 3.05) is 5.32 Å². The second kappa shape index (κ2) is 4.77. The number of fused-ring (bicyclic) bond motifs is 1. The van der Waals surface area contributed by atoms with E-state index in [1.165, 1.54) is 0 Å². The minimum atomic E-state index is -0.634. The highest BCUT2D eigenvalue weighted by molar-refractivity contribution is 5.96. The number of ether oxygens (including phenoxy) is 1. The fourth-order valence-corrected chi connectivity index (χ4v) is 1.59. The Labute approximate surface area is 108 Å². The van der Waals surface area contributed by atoms with Gasteiger partial charge >= 0.3 is 6.09 Å². The molecule has 6 nitrogen and oxygen atoms in total. The Morgan fingerprint density at radius 2 is 2.05 bits per heavy atom. The summed E-state index contributed by atoms with van der Waals surface area (Å²) in [5, 5.41) is 6.88. The summed E-state index contributed by atoms with van der Waals surface area (Å²) < 4.78 is 10.1. The van der Waals surface area contributed by atoms with Crippen LogP contribution in [0, 0.1) is 0 Å². The molecular formula is C13H9N3O3. The van der Waals surface area contributed by atoms with E-state index in [1.807, 2.05) is 6.07 Å². The number of hydrogen-bond donors (Lipinski definition) is 1. The van der Waals surface area contributed by atoms with Gasteiger partial charge in [-0.05, 0) is 12.1 Å². The Bertz CT molecular complexity index is 709. The van der Waals surface area contributed by atoms with E-state index in [0.717, 1.165) is 0 Å². The molecule has 0 aliphatic rings. The summed E-state index contributed by atoms with van der Waals surface area (Å²) in [6.45, 7) is 0. The minimum absolute atomic E-state index is 0.282. The number of nitrogens with one attached hydrogen (secondary N) is 1. The molecule has 0 spiro atoms. The fraction of sp³-hybridized carbons (Fsp3) is 0. The van der Waals surface area contributed by atoms with Gasteiger partial charge in [0.2, 0.25) is 0 Å². The van der Waals surface area contributed by atoms with Crippen LogP contribution in [0.1, 0.15) is 0 Å². The van der Waals surface area contributed by atoms with E-state index in [2.05, 4.69) is 15.5 Å². The molecule has 1 aromatic carbocycles. The van der Waals surface area contributed by atoms with Gasteiger partial charge in [0.15, 0.2) is 11.4 Å².